The largest absolute Gasteiger partial charge is 0.496 e. The fourth-order valence-electron chi connectivity index (χ4n) is 2.94. The third-order valence-corrected chi connectivity index (χ3v) is 4.35. The number of benzene rings is 2. The lowest BCUT2D eigenvalue weighted by atomic mass is 10.2. The molecule has 1 aliphatic rings. The minimum absolute atomic E-state index is 0.250. The van der Waals surface area contributed by atoms with Crippen LogP contribution in [0, 0.1) is 0 Å². The van der Waals surface area contributed by atoms with Crippen LogP contribution in [0.4, 0.5) is 23.1 Å². The number of ether oxygens (including phenoxy) is 1. The smallest absolute Gasteiger partial charge is 0.259 e. The summed E-state index contributed by atoms with van der Waals surface area (Å²) in [5.41, 5.74) is 1.85. The maximum Gasteiger partial charge on any atom is 0.259 e. The third kappa shape index (κ3) is 4.44. The zero-order valence-corrected chi connectivity index (χ0v) is 16.3. The minimum atomic E-state index is -0.250. The molecule has 0 radical (unpaired) electrons. The summed E-state index contributed by atoms with van der Waals surface area (Å²) in [4.78, 5) is 27.5. The van der Waals surface area contributed by atoms with Gasteiger partial charge in [0.25, 0.3) is 5.91 Å². The molecule has 2 heterocycles. The fourth-order valence-corrected chi connectivity index (χ4v) is 2.94. The van der Waals surface area contributed by atoms with Crippen molar-refractivity contribution in [1.82, 2.24) is 9.97 Å². The summed E-state index contributed by atoms with van der Waals surface area (Å²) in [7, 11) is 1.54. The van der Waals surface area contributed by atoms with Crippen molar-refractivity contribution in [1.29, 1.82) is 0 Å². The van der Waals surface area contributed by atoms with Gasteiger partial charge in [0.1, 0.15) is 18.2 Å². The van der Waals surface area contributed by atoms with Gasteiger partial charge >= 0.3 is 0 Å². The van der Waals surface area contributed by atoms with Gasteiger partial charge in [0.15, 0.2) is 0 Å². The molecule has 150 valence electrons. The quantitative estimate of drug-likeness (QED) is 0.653. The fraction of sp³-hybridized carbons (Fsp3) is 0.0909. The van der Waals surface area contributed by atoms with Crippen LogP contribution in [0.1, 0.15) is 10.4 Å². The molecule has 0 fully saturated rings. The van der Waals surface area contributed by atoms with Gasteiger partial charge in [-0.2, -0.15) is 4.98 Å². The summed E-state index contributed by atoms with van der Waals surface area (Å²) in [6.07, 6.45) is 7.20. The lowest BCUT2D eigenvalue weighted by Gasteiger charge is -2.19. The Labute approximate surface area is 174 Å². The van der Waals surface area contributed by atoms with Crippen molar-refractivity contribution in [2.24, 2.45) is 4.99 Å². The molecular weight excluding hydrogens is 380 g/mol. The number of para-hydroxylation sites is 1. The summed E-state index contributed by atoms with van der Waals surface area (Å²) in [5.74, 6) is 1.45. The van der Waals surface area contributed by atoms with E-state index in [1.165, 1.54) is 7.11 Å². The van der Waals surface area contributed by atoms with Crippen molar-refractivity contribution in [3.8, 4) is 5.75 Å². The highest BCUT2D eigenvalue weighted by molar-refractivity contribution is 6.06. The Morgan fingerprint density at radius 1 is 1.10 bits per heavy atom. The van der Waals surface area contributed by atoms with Crippen molar-refractivity contribution in [3.63, 3.8) is 0 Å². The van der Waals surface area contributed by atoms with Gasteiger partial charge in [-0.1, -0.05) is 18.2 Å². The van der Waals surface area contributed by atoms with E-state index in [-0.39, 0.29) is 5.91 Å². The molecule has 1 aliphatic heterocycles. The van der Waals surface area contributed by atoms with E-state index < -0.39 is 0 Å². The molecular formula is C22H20N6O2. The van der Waals surface area contributed by atoms with Gasteiger partial charge in [-0.05, 0) is 42.5 Å². The van der Waals surface area contributed by atoms with Crippen molar-refractivity contribution in [3.05, 3.63) is 78.6 Å². The first kappa shape index (κ1) is 19.1. The van der Waals surface area contributed by atoms with Crippen LogP contribution in [0.15, 0.2) is 78.1 Å². The number of nitrogens with one attached hydrogen (secondary N) is 2. The molecule has 1 aromatic heterocycles. The second kappa shape index (κ2) is 8.87. The summed E-state index contributed by atoms with van der Waals surface area (Å²) in [6, 6.07) is 16.2. The van der Waals surface area contributed by atoms with Crippen LogP contribution in [-0.2, 0) is 0 Å². The molecule has 0 spiro atoms. The molecule has 3 aromatic rings. The molecule has 0 unspecified atom stereocenters. The number of allylic oxidation sites excluding steroid dienone is 1. The molecule has 0 saturated heterocycles. The van der Waals surface area contributed by atoms with E-state index in [0.717, 1.165) is 11.5 Å². The molecule has 0 saturated carbocycles. The summed E-state index contributed by atoms with van der Waals surface area (Å²) in [6.45, 7) is 0.511. The highest BCUT2D eigenvalue weighted by Gasteiger charge is 2.12. The van der Waals surface area contributed by atoms with Crippen LogP contribution in [-0.4, -0.2) is 35.9 Å². The Bertz CT molecular complexity index is 1110. The molecule has 0 bridgehead atoms. The number of carbonyl (C=O) groups is 1. The number of amides is 1. The number of carbonyl (C=O) groups excluding carboxylic acids is 1. The highest BCUT2D eigenvalue weighted by Crippen LogP contribution is 2.22. The van der Waals surface area contributed by atoms with Gasteiger partial charge in [0.2, 0.25) is 5.95 Å². The summed E-state index contributed by atoms with van der Waals surface area (Å²) >= 11 is 0. The molecule has 2 aromatic carbocycles. The predicted molar refractivity (Wildman–Crippen MR) is 118 cm³/mol. The normalized spacial score (nSPS) is 12.5. The van der Waals surface area contributed by atoms with Crippen LogP contribution in [0.3, 0.4) is 0 Å². The van der Waals surface area contributed by atoms with E-state index in [1.807, 2.05) is 53.6 Å². The molecule has 30 heavy (non-hydrogen) atoms. The lowest BCUT2D eigenvalue weighted by molar-refractivity contribution is 0.102. The van der Waals surface area contributed by atoms with E-state index >= 15 is 0 Å². The molecule has 4 rings (SSSR count). The monoisotopic (exact) mass is 400 g/mol. The van der Waals surface area contributed by atoms with Gasteiger partial charge in [-0.25, -0.2) is 4.98 Å². The maximum atomic E-state index is 12.6. The standard InChI is InChI=1S/C22H20N6O2/c1-30-19-9-3-2-8-18(19)21(29)25-16-6-4-7-17(14-16)26-22-24-12-10-20(27-22)28-13-5-11-23-15-28/h2-14H,15H2,1H3,(H,25,29)(H,24,26,27). The van der Waals surface area contributed by atoms with Gasteiger partial charge in [-0.15, -0.1) is 0 Å². The lowest BCUT2D eigenvalue weighted by Crippen LogP contribution is -2.20. The maximum absolute atomic E-state index is 12.6. The first-order valence-electron chi connectivity index (χ1n) is 9.31. The molecule has 8 heteroatoms. The predicted octanol–water partition coefficient (Wildman–Crippen LogP) is 3.84. The SMILES string of the molecule is COc1ccccc1C(=O)Nc1cccc(Nc2nccc(N3C=CC=NC3)n2)c1. The number of aromatic nitrogens is 2. The van der Waals surface area contributed by atoms with Crippen molar-refractivity contribution >= 4 is 35.3 Å². The van der Waals surface area contributed by atoms with E-state index in [2.05, 4.69) is 25.6 Å². The van der Waals surface area contributed by atoms with Gasteiger partial charge in [0, 0.05) is 30.0 Å². The van der Waals surface area contributed by atoms with Crippen LogP contribution in [0.25, 0.3) is 0 Å². The molecule has 0 aliphatic carbocycles. The topological polar surface area (TPSA) is 91.7 Å². The van der Waals surface area contributed by atoms with Crippen LogP contribution in [0.5, 0.6) is 5.75 Å². The van der Waals surface area contributed by atoms with E-state index in [9.17, 15) is 4.79 Å². The van der Waals surface area contributed by atoms with Crippen molar-refractivity contribution in [2.75, 3.05) is 29.3 Å². The number of methoxy groups -OCH3 is 1. The Morgan fingerprint density at radius 3 is 2.80 bits per heavy atom. The van der Waals surface area contributed by atoms with Crippen LogP contribution < -0.4 is 20.3 Å². The van der Waals surface area contributed by atoms with Crippen molar-refractivity contribution in [2.45, 2.75) is 0 Å². The summed E-state index contributed by atoms with van der Waals surface area (Å²) in [5, 5.41) is 6.06. The summed E-state index contributed by atoms with van der Waals surface area (Å²) < 4.78 is 5.26. The van der Waals surface area contributed by atoms with Gasteiger partial charge < -0.3 is 20.3 Å². The zero-order valence-electron chi connectivity index (χ0n) is 16.3. The average Bonchev–Trinajstić information content (AvgIpc) is 2.80. The number of hydrogen-bond acceptors (Lipinski definition) is 7. The minimum Gasteiger partial charge on any atom is -0.496 e. The first-order chi connectivity index (χ1) is 14.7. The van der Waals surface area contributed by atoms with Crippen molar-refractivity contribution < 1.29 is 9.53 Å². The second-order valence-electron chi connectivity index (χ2n) is 6.38. The van der Waals surface area contributed by atoms with E-state index in [4.69, 9.17) is 4.74 Å². The Kier molecular flexibility index (Phi) is 5.66. The number of nitrogens with zero attached hydrogens (tertiary/aromatic N) is 4. The van der Waals surface area contributed by atoms with Crippen LogP contribution >= 0.6 is 0 Å². The first-order valence-corrected chi connectivity index (χ1v) is 9.31. The molecule has 8 nitrogen and oxygen atoms in total. The number of hydrogen-bond donors (Lipinski definition) is 2. The zero-order chi connectivity index (χ0) is 20.8. The Hall–Kier alpha value is -4.20. The van der Waals surface area contributed by atoms with Gasteiger partial charge in [0.05, 0.1) is 12.7 Å². The molecule has 2 N–H and O–H groups in total. The molecule has 1 amide bonds. The Morgan fingerprint density at radius 2 is 1.97 bits per heavy atom. The van der Waals surface area contributed by atoms with E-state index in [1.54, 1.807) is 30.6 Å². The van der Waals surface area contributed by atoms with Crippen LogP contribution in [0.2, 0.25) is 0 Å². The Balaban J connectivity index is 1.48. The van der Waals surface area contributed by atoms with E-state index in [0.29, 0.717) is 29.6 Å². The second-order valence-corrected chi connectivity index (χ2v) is 6.38. The van der Waals surface area contributed by atoms with Gasteiger partial charge in [-0.3, -0.25) is 9.79 Å². The highest BCUT2D eigenvalue weighted by atomic mass is 16.5. The number of aliphatic imine (C=N–C) groups is 1. The third-order valence-electron chi connectivity index (χ3n) is 4.35. The molecule has 0 atom stereocenters. The number of anilines is 4. The number of rotatable bonds is 6. The average molecular weight is 400 g/mol.